The van der Waals surface area contributed by atoms with Gasteiger partial charge in [-0.05, 0) is 31.0 Å². The molecular weight excluding hydrogens is 204 g/mol. The highest BCUT2D eigenvalue weighted by atomic mass is 16.5. The SMILES string of the molecule is Nc1cc(N)cc(-c2nc(C3CC3)no2)c1. The van der Waals surface area contributed by atoms with Crippen molar-refractivity contribution in [1.82, 2.24) is 10.1 Å². The number of hydrogen-bond donors (Lipinski definition) is 2. The lowest BCUT2D eigenvalue weighted by molar-refractivity contribution is 0.423. The molecule has 1 fully saturated rings. The minimum absolute atomic E-state index is 0.482. The number of hydrogen-bond acceptors (Lipinski definition) is 5. The molecule has 1 aromatic heterocycles. The minimum Gasteiger partial charge on any atom is -0.399 e. The van der Waals surface area contributed by atoms with Gasteiger partial charge >= 0.3 is 0 Å². The van der Waals surface area contributed by atoms with Gasteiger partial charge in [0.2, 0.25) is 0 Å². The molecule has 0 unspecified atom stereocenters. The molecule has 0 radical (unpaired) electrons. The lowest BCUT2D eigenvalue weighted by atomic mass is 10.2. The van der Waals surface area contributed by atoms with Crippen molar-refractivity contribution in [3.63, 3.8) is 0 Å². The van der Waals surface area contributed by atoms with E-state index in [9.17, 15) is 0 Å². The van der Waals surface area contributed by atoms with E-state index in [1.54, 1.807) is 18.2 Å². The van der Waals surface area contributed by atoms with Crippen LogP contribution in [0, 0.1) is 0 Å². The maximum atomic E-state index is 5.71. The van der Waals surface area contributed by atoms with Crippen molar-refractivity contribution in [2.75, 3.05) is 11.5 Å². The topological polar surface area (TPSA) is 91.0 Å². The van der Waals surface area contributed by atoms with Crippen LogP contribution in [0.25, 0.3) is 11.5 Å². The van der Waals surface area contributed by atoms with Gasteiger partial charge in [-0.3, -0.25) is 0 Å². The van der Waals surface area contributed by atoms with Crippen LogP contribution < -0.4 is 11.5 Å². The summed E-state index contributed by atoms with van der Waals surface area (Å²) >= 11 is 0. The molecular formula is C11H12N4O. The predicted molar refractivity (Wildman–Crippen MR) is 60.5 cm³/mol. The molecule has 82 valence electrons. The molecule has 0 spiro atoms. The van der Waals surface area contributed by atoms with Crippen molar-refractivity contribution in [2.24, 2.45) is 0 Å². The van der Waals surface area contributed by atoms with Crippen molar-refractivity contribution in [2.45, 2.75) is 18.8 Å². The molecule has 1 saturated carbocycles. The van der Waals surface area contributed by atoms with Crippen molar-refractivity contribution in [3.05, 3.63) is 24.0 Å². The molecule has 3 rings (SSSR count). The second kappa shape index (κ2) is 3.23. The Labute approximate surface area is 92.4 Å². The summed E-state index contributed by atoms with van der Waals surface area (Å²) in [6.45, 7) is 0. The molecule has 0 saturated heterocycles. The molecule has 0 aliphatic heterocycles. The van der Waals surface area contributed by atoms with Crippen molar-refractivity contribution in [3.8, 4) is 11.5 Å². The Hall–Kier alpha value is -2.04. The standard InChI is InChI=1S/C11H12N4O/c12-8-3-7(4-9(13)5-8)11-14-10(15-16-11)6-1-2-6/h3-6H,1-2,12-13H2. The van der Waals surface area contributed by atoms with E-state index in [0.717, 1.165) is 24.2 Å². The van der Waals surface area contributed by atoms with E-state index in [2.05, 4.69) is 10.1 Å². The summed E-state index contributed by atoms with van der Waals surface area (Å²) in [6, 6.07) is 5.25. The molecule has 1 aromatic carbocycles. The van der Waals surface area contributed by atoms with E-state index in [4.69, 9.17) is 16.0 Å². The Morgan fingerprint density at radius 3 is 2.44 bits per heavy atom. The highest BCUT2D eigenvalue weighted by molar-refractivity contribution is 5.67. The first-order chi connectivity index (χ1) is 7.72. The fraction of sp³-hybridized carbons (Fsp3) is 0.273. The van der Waals surface area contributed by atoms with Gasteiger partial charge in [-0.15, -0.1) is 0 Å². The largest absolute Gasteiger partial charge is 0.399 e. The van der Waals surface area contributed by atoms with Crippen molar-refractivity contribution >= 4 is 11.4 Å². The van der Waals surface area contributed by atoms with Gasteiger partial charge in [0.05, 0.1) is 0 Å². The average Bonchev–Trinajstić information content (AvgIpc) is 2.95. The zero-order chi connectivity index (χ0) is 11.1. The number of nitrogens with two attached hydrogens (primary N) is 2. The molecule has 5 heteroatoms. The molecule has 0 atom stereocenters. The first-order valence-electron chi connectivity index (χ1n) is 5.22. The van der Waals surface area contributed by atoms with Crippen LogP contribution in [0.4, 0.5) is 11.4 Å². The fourth-order valence-corrected chi connectivity index (χ4v) is 1.66. The zero-order valence-electron chi connectivity index (χ0n) is 8.68. The van der Waals surface area contributed by atoms with Gasteiger partial charge < -0.3 is 16.0 Å². The summed E-state index contributed by atoms with van der Waals surface area (Å²) in [5.74, 6) is 1.76. The first kappa shape index (κ1) is 9.21. The highest BCUT2D eigenvalue weighted by Gasteiger charge is 2.28. The summed E-state index contributed by atoms with van der Waals surface area (Å²) in [7, 11) is 0. The number of rotatable bonds is 2. The van der Waals surface area contributed by atoms with Gasteiger partial charge in [-0.1, -0.05) is 5.16 Å². The van der Waals surface area contributed by atoms with Gasteiger partial charge in [-0.2, -0.15) is 4.98 Å². The normalized spacial score (nSPS) is 15.2. The third kappa shape index (κ3) is 1.60. The Kier molecular flexibility index (Phi) is 1.86. The monoisotopic (exact) mass is 216 g/mol. The molecule has 16 heavy (non-hydrogen) atoms. The molecule has 4 N–H and O–H groups in total. The summed E-state index contributed by atoms with van der Waals surface area (Å²) in [5.41, 5.74) is 13.4. The molecule has 1 heterocycles. The third-order valence-electron chi connectivity index (χ3n) is 2.61. The predicted octanol–water partition coefficient (Wildman–Crippen LogP) is 1.78. The van der Waals surface area contributed by atoms with Crippen LogP contribution >= 0.6 is 0 Å². The lowest BCUT2D eigenvalue weighted by Gasteiger charge is -1.99. The summed E-state index contributed by atoms with van der Waals surface area (Å²) in [6.07, 6.45) is 2.30. The molecule has 1 aliphatic rings. The van der Waals surface area contributed by atoms with Crippen LogP contribution in [0.3, 0.4) is 0 Å². The zero-order valence-corrected chi connectivity index (χ0v) is 8.68. The van der Waals surface area contributed by atoms with Gasteiger partial charge in [-0.25, -0.2) is 0 Å². The Morgan fingerprint density at radius 2 is 1.81 bits per heavy atom. The summed E-state index contributed by atoms with van der Waals surface area (Å²) in [5, 5.41) is 3.95. The molecule has 5 nitrogen and oxygen atoms in total. The summed E-state index contributed by atoms with van der Waals surface area (Å²) in [4.78, 5) is 4.34. The van der Waals surface area contributed by atoms with E-state index in [1.165, 1.54) is 0 Å². The van der Waals surface area contributed by atoms with Crippen LogP contribution in [0.15, 0.2) is 22.7 Å². The first-order valence-corrected chi connectivity index (χ1v) is 5.22. The Bertz CT molecular complexity index is 510. The van der Waals surface area contributed by atoms with Crippen molar-refractivity contribution in [1.29, 1.82) is 0 Å². The Morgan fingerprint density at radius 1 is 1.12 bits per heavy atom. The van der Waals surface area contributed by atoms with Crippen LogP contribution in [0.5, 0.6) is 0 Å². The highest BCUT2D eigenvalue weighted by Crippen LogP contribution is 2.39. The number of benzene rings is 1. The van der Waals surface area contributed by atoms with E-state index >= 15 is 0 Å². The molecule has 0 bridgehead atoms. The molecule has 1 aliphatic carbocycles. The van der Waals surface area contributed by atoms with Gasteiger partial charge in [0.25, 0.3) is 5.89 Å². The van der Waals surface area contributed by atoms with Crippen LogP contribution in [-0.2, 0) is 0 Å². The van der Waals surface area contributed by atoms with E-state index in [0.29, 0.717) is 23.2 Å². The molecule has 0 amide bonds. The van der Waals surface area contributed by atoms with Crippen LogP contribution in [0.1, 0.15) is 24.6 Å². The lowest BCUT2D eigenvalue weighted by Crippen LogP contribution is -1.91. The van der Waals surface area contributed by atoms with E-state index in [1.807, 2.05) is 0 Å². The minimum atomic E-state index is 0.482. The van der Waals surface area contributed by atoms with Gasteiger partial charge in [0.15, 0.2) is 5.82 Å². The number of anilines is 2. The maximum Gasteiger partial charge on any atom is 0.258 e. The smallest absolute Gasteiger partial charge is 0.258 e. The van der Waals surface area contributed by atoms with Crippen molar-refractivity contribution < 1.29 is 4.52 Å². The second-order valence-corrected chi connectivity index (χ2v) is 4.12. The maximum absolute atomic E-state index is 5.71. The number of aromatic nitrogens is 2. The van der Waals surface area contributed by atoms with Gasteiger partial charge in [0.1, 0.15) is 0 Å². The second-order valence-electron chi connectivity index (χ2n) is 4.12. The molecule has 2 aromatic rings. The summed E-state index contributed by atoms with van der Waals surface area (Å²) < 4.78 is 5.19. The number of nitrogen functional groups attached to an aromatic ring is 2. The third-order valence-corrected chi connectivity index (χ3v) is 2.61. The number of nitrogens with zero attached hydrogens (tertiary/aromatic N) is 2. The quantitative estimate of drug-likeness (QED) is 0.746. The fourth-order valence-electron chi connectivity index (χ4n) is 1.66. The van der Waals surface area contributed by atoms with E-state index < -0.39 is 0 Å². The average molecular weight is 216 g/mol. The van der Waals surface area contributed by atoms with Crippen LogP contribution in [0.2, 0.25) is 0 Å². The van der Waals surface area contributed by atoms with Gasteiger partial charge in [0, 0.05) is 22.9 Å². The van der Waals surface area contributed by atoms with Crippen LogP contribution in [-0.4, -0.2) is 10.1 Å². The Balaban J connectivity index is 2.00. The van der Waals surface area contributed by atoms with E-state index in [-0.39, 0.29) is 0 Å².